The van der Waals surface area contributed by atoms with Crippen molar-refractivity contribution in [3.05, 3.63) is 0 Å². The standard InChI is InChI=1S/C11H22N2O2/c1-4-6-11(15)12-7-9-13(8-5-2)10(3)14/h4-9H2,1-3H3,(H,12,15). The highest BCUT2D eigenvalue weighted by Gasteiger charge is 2.07. The van der Waals surface area contributed by atoms with Crippen LogP contribution in [0.25, 0.3) is 0 Å². The van der Waals surface area contributed by atoms with E-state index >= 15 is 0 Å². The number of carbonyl (C=O) groups excluding carboxylic acids is 2. The van der Waals surface area contributed by atoms with Gasteiger partial charge in [0.25, 0.3) is 0 Å². The van der Waals surface area contributed by atoms with E-state index in [1.807, 2.05) is 13.8 Å². The number of rotatable bonds is 7. The molecule has 0 aliphatic carbocycles. The van der Waals surface area contributed by atoms with Crippen LogP contribution >= 0.6 is 0 Å². The second kappa shape index (κ2) is 8.26. The molecular weight excluding hydrogens is 192 g/mol. The van der Waals surface area contributed by atoms with E-state index in [4.69, 9.17) is 0 Å². The van der Waals surface area contributed by atoms with Crippen LogP contribution in [0.1, 0.15) is 40.0 Å². The summed E-state index contributed by atoms with van der Waals surface area (Å²) in [6, 6.07) is 0. The molecule has 0 spiro atoms. The van der Waals surface area contributed by atoms with E-state index in [-0.39, 0.29) is 11.8 Å². The summed E-state index contributed by atoms with van der Waals surface area (Å²) in [5.74, 6) is 0.138. The van der Waals surface area contributed by atoms with Crippen LogP contribution in [0.4, 0.5) is 0 Å². The number of nitrogens with one attached hydrogen (secondary N) is 1. The van der Waals surface area contributed by atoms with E-state index in [9.17, 15) is 9.59 Å². The molecule has 0 aliphatic rings. The molecule has 0 unspecified atom stereocenters. The zero-order valence-corrected chi connectivity index (χ0v) is 10.0. The summed E-state index contributed by atoms with van der Waals surface area (Å²) in [6.45, 7) is 7.49. The van der Waals surface area contributed by atoms with Gasteiger partial charge in [-0.15, -0.1) is 0 Å². The number of hydrogen-bond donors (Lipinski definition) is 1. The molecule has 88 valence electrons. The van der Waals surface area contributed by atoms with Crippen LogP contribution in [0, 0.1) is 0 Å². The predicted molar refractivity (Wildman–Crippen MR) is 60.5 cm³/mol. The fourth-order valence-electron chi connectivity index (χ4n) is 1.34. The van der Waals surface area contributed by atoms with Gasteiger partial charge in [0.2, 0.25) is 11.8 Å². The Morgan fingerprint density at radius 3 is 2.27 bits per heavy atom. The van der Waals surface area contributed by atoms with Gasteiger partial charge >= 0.3 is 0 Å². The molecular formula is C11H22N2O2. The zero-order valence-electron chi connectivity index (χ0n) is 10.0. The highest BCUT2D eigenvalue weighted by Crippen LogP contribution is 1.92. The van der Waals surface area contributed by atoms with E-state index < -0.39 is 0 Å². The summed E-state index contributed by atoms with van der Waals surface area (Å²) in [4.78, 5) is 24.0. The van der Waals surface area contributed by atoms with Gasteiger partial charge in [-0.2, -0.15) is 0 Å². The van der Waals surface area contributed by atoms with Crippen molar-refractivity contribution in [3.8, 4) is 0 Å². The van der Waals surface area contributed by atoms with Crippen LogP contribution in [-0.4, -0.2) is 36.3 Å². The maximum atomic E-state index is 11.1. The summed E-state index contributed by atoms with van der Waals surface area (Å²) >= 11 is 0. The Hall–Kier alpha value is -1.06. The summed E-state index contributed by atoms with van der Waals surface area (Å²) in [5, 5.41) is 2.79. The van der Waals surface area contributed by atoms with Crippen LogP contribution in [0.5, 0.6) is 0 Å². The lowest BCUT2D eigenvalue weighted by Crippen LogP contribution is -2.37. The van der Waals surface area contributed by atoms with Gasteiger partial charge in [0.05, 0.1) is 0 Å². The normalized spacial score (nSPS) is 9.80. The van der Waals surface area contributed by atoms with Crippen molar-refractivity contribution in [2.24, 2.45) is 0 Å². The van der Waals surface area contributed by atoms with Crippen molar-refractivity contribution < 1.29 is 9.59 Å². The Balaban J connectivity index is 3.70. The van der Waals surface area contributed by atoms with Crippen molar-refractivity contribution >= 4 is 11.8 Å². The average Bonchev–Trinajstić information content (AvgIpc) is 2.16. The number of nitrogens with zero attached hydrogens (tertiary/aromatic N) is 1. The third-order valence-corrected chi connectivity index (χ3v) is 2.12. The molecule has 0 saturated heterocycles. The van der Waals surface area contributed by atoms with Gasteiger partial charge in [-0.25, -0.2) is 0 Å². The molecule has 0 atom stereocenters. The first kappa shape index (κ1) is 13.9. The maximum Gasteiger partial charge on any atom is 0.220 e. The molecule has 0 fully saturated rings. The van der Waals surface area contributed by atoms with E-state index in [1.165, 1.54) is 0 Å². The first-order valence-electron chi connectivity index (χ1n) is 5.64. The van der Waals surface area contributed by atoms with Gasteiger partial charge in [0.1, 0.15) is 0 Å². The van der Waals surface area contributed by atoms with Crippen LogP contribution in [0.3, 0.4) is 0 Å². The van der Waals surface area contributed by atoms with Crippen LogP contribution in [-0.2, 0) is 9.59 Å². The topological polar surface area (TPSA) is 49.4 Å². The third kappa shape index (κ3) is 6.94. The fourth-order valence-corrected chi connectivity index (χ4v) is 1.34. The quantitative estimate of drug-likeness (QED) is 0.691. The molecule has 4 nitrogen and oxygen atoms in total. The van der Waals surface area contributed by atoms with Gasteiger partial charge < -0.3 is 10.2 Å². The third-order valence-electron chi connectivity index (χ3n) is 2.12. The molecule has 0 heterocycles. The average molecular weight is 214 g/mol. The lowest BCUT2D eigenvalue weighted by molar-refractivity contribution is -0.129. The van der Waals surface area contributed by atoms with Crippen LogP contribution in [0.2, 0.25) is 0 Å². The minimum Gasteiger partial charge on any atom is -0.354 e. The largest absolute Gasteiger partial charge is 0.354 e. The predicted octanol–water partition coefficient (Wildman–Crippen LogP) is 1.16. The first-order chi connectivity index (χ1) is 7.11. The Morgan fingerprint density at radius 2 is 1.80 bits per heavy atom. The van der Waals surface area contributed by atoms with Crippen molar-refractivity contribution in [1.82, 2.24) is 10.2 Å². The number of carbonyl (C=O) groups is 2. The molecule has 0 rings (SSSR count). The molecule has 0 aliphatic heterocycles. The van der Waals surface area contributed by atoms with Crippen molar-refractivity contribution in [2.45, 2.75) is 40.0 Å². The molecule has 0 aromatic rings. The molecule has 0 radical (unpaired) electrons. The van der Waals surface area contributed by atoms with Crippen molar-refractivity contribution in [2.75, 3.05) is 19.6 Å². The Labute approximate surface area is 92.0 Å². The highest BCUT2D eigenvalue weighted by molar-refractivity contribution is 5.76. The number of hydrogen-bond acceptors (Lipinski definition) is 2. The lowest BCUT2D eigenvalue weighted by Gasteiger charge is -2.20. The molecule has 0 saturated carbocycles. The second-order valence-corrected chi connectivity index (χ2v) is 3.61. The first-order valence-corrected chi connectivity index (χ1v) is 5.64. The summed E-state index contributed by atoms with van der Waals surface area (Å²) in [5.41, 5.74) is 0. The lowest BCUT2D eigenvalue weighted by atomic mass is 10.3. The van der Waals surface area contributed by atoms with E-state index in [2.05, 4.69) is 5.32 Å². The Morgan fingerprint density at radius 1 is 1.13 bits per heavy atom. The zero-order chi connectivity index (χ0) is 11.7. The molecule has 0 aromatic carbocycles. The van der Waals surface area contributed by atoms with Gasteiger partial charge in [0.15, 0.2) is 0 Å². The summed E-state index contributed by atoms with van der Waals surface area (Å²) in [6.07, 6.45) is 2.37. The van der Waals surface area contributed by atoms with Crippen molar-refractivity contribution in [3.63, 3.8) is 0 Å². The van der Waals surface area contributed by atoms with Crippen LogP contribution in [0.15, 0.2) is 0 Å². The Bertz CT molecular complexity index is 205. The molecule has 1 N–H and O–H groups in total. The van der Waals surface area contributed by atoms with E-state index in [0.29, 0.717) is 19.5 Å². The number of amides is 2. The molecule has 0 bridgehead atoms. The Kier molecular flexibility index (Phi) is 7.68. The second-order valence-electron chi connectivity index (χ2n) is 3.61. The minimum atomic E-state index is 0.0671. The van der Waals surface area contributed by atoms with Gasteiger partial charge in [-0.05, 0) is 12.8 Å². The van der Waals surface area contributed by atoms with Crippen LogP contribution < -0.4 is 5.32 Å². The highest BCUT2D eigenvalue weighted by atomic mass is 16.2. The van der Waals surface area contributed by atoms with Crippen molar-refractivity contribution in [1.29, 1.82) is 0 Å². The monoisotopic (exact) mass is 214 g/mol. The molecule has 2 amide bonds. The van der Waals surface area contributed by atoms with Gasteiger partial charge in [-0.3, -0.25) is 9.59 Å². The molecule has 4 heteroatoms. The minimum absolute atomic E-state index is 0.0671. The fraction of sp³-hybridized carbons (Fsp3) is 0.818. The SMILES string of the molecule is CCCC(=O)NCCN(CCC)C(C)=O. The summed E-state index contributed by atoms with van der Waals surface area (Å²) < 4.78 is 0. The summed E-state index contributed by atoms with van der Waals surface area (Å²) in [7, 11) is 0. The van der Waals surface area contributed by atoms with Gasteiger partial charge in [0, 0.05) is 33.0 Å². The van der Waals surface area contributed by atoms with E-state index in [1.54, 1.807) is 11.8 Å². The molecule has 0 aromatic heterocycles. The van der Waals surface area contributed by atoms with E-state index in [0.717, 1.165) is 19.4 Å². The smallest absolute Gasteiger partial charge is 0.220 e. The molecule has 15 heavy (non-hydrogen) atoms. The maximum absolute atomic E-state index is 11.1. The van der Waals surface area contributed by atoms with Gasteiger partial charge in [-0.1, -0.05) is 13.8 Å².